The van der Waals surface area contributed by atoms with E-state index in [1.54, 1.807) is 78.9 Å². The molecule has 73 heavy (non-hydrogen) atoms. The second-order valence-corrected chi connectivity index (χ2v) is 18.8. The Morgan fingerprint density at radius 3 is 1.58 bits per heavy atom. The van der Waals surface area contributed by atoms with Gasteiger partial charge in [0, 0.05) is 24.0 Å². The monoisotopic (exact) mass is 1000 g/mol. The van der Waals surface area contributed by atoms with Gasteiger partial charge in [0.05, 0.1) is 62.2 Å². The third-order valence-corrected chi connectivity index (χ3v) is 13.4. The van der Waals surface area contributed by atoms with E-state index in [-0.39, 0.29) is 87.9 Å². The van der Waals surface area contributed by atoms with Crippen molar-refractivity contribution in [3.05, 3.63) is 149 Å². The summed E-state index contributed by atoms with van der Waals surface area (Å²) in [4.78, 5) is 65.4. The second kappa shape index (κ2) is 21.6. The summed E-state index contributed by atoms with van der Waals surface area (Å²) in [5.41, 5.74) is 3.30. The van der Waals surface area contributed by atoms with E-state index in [4.69, 9.17) is 9.47 Å². The Morgan fingerprint density at radius 1 is 0.616 bits per heavy atom. The number of rotatable bonds is 20. The van der Waals surface area contributed by atoms with Crippen molar-refractivity contribution in [2.45, 2.75) is 107 Å². The molecule has 2 saturated heterocycles. The Labute approximate surface area is 416 Å². The molecule has 4 amide bonds. The summed E-state index contributed by atoms with van der Waals surface area (Å²) in [5, 5.41) is 21.7. The Hall–Kier alpha value is -7.62. The minimum absolute atomic E-state index is 0.0104. The topological polar surface area (TPSA) is 204 Å². The van der Waals surface area contributed by atoms with Crippen molar-refractivity contribution in [1.82, 2.24) is 60.4 Å². The number of amides is 4. The van der Waals surface area contributed by atoms with Crippen molar-refractivity contribution in [3.63, 3.8) is 0 Å². The Morgan fingerprint density at radius 2 is 1.10 bits per heavy atom. The number of nitrogens with one attached hydrogen (secondary N) is 2. The Kier molecular flexibility index (Phi) is 14.5. The van der Waals surface area contributed by atoms with Crippen LogP contribution in [0, 0.1) is 11.9 Å². The fourth-order valence-electron chi connectivity index (χ4n) is 9.43. The number of likely N-dealkylation sites (tertiary alicyclic amines) is 2. The van der Waals surface area contributed by atoms with E-state index in [9.17, 15) is 28.0 Å². The first-order valence-corrected chi connectivity index (χ1v) is 24.3. The maximum atomic E-state index is 15.1. The highest BCUT2D eigenvalue weighted by Crippen LogP contribution is 2.42. The maximum Gasteiger partial charge on any atom is 0.253 e. The second-order valence-electron chi connectivity index (χ2n) is 18.8. The molecule has 0 radical (unpaired) electrons. The fraction of sp³-hybridized carbons (Fsp3) is 0.412. The predicted octanol–water partition coefficient (Wildman–Crippen LogP) is 4.98. The van der Waals surface area contributed by atoms with Crippen LogP contribution in [0.5, 0.6) is 5.88 Å². The van der Waals surface area contributed by atoms with Gasteiger partial charge in [0.15, 0.2) is 0 Å². The number of carbonyl (C=O) groups is 4. The van der Waals surface area contributed by atoms with Crippen LogP contribution in [0.15, 0.2) is 97.3 Å². The van der Waals surface area contributed by atoms with Gasteiger partial charge >= 0.3 is 0 Å². The van der Waals surface area contributed by atoms with Gasteiger partial charge in [-0.05, 0) is 60.8 Å². The molecule has 6 aromatic rings. The molecule has 0 unspecified atom stereocenters. The number of aromatic nitrogens is 8. The van der Waals surface area contributed by atoms with Crippen LogP contribution in [0.3, 0.4) is 0 Å². The highest BCUT2D eigenvalue weighted by Gasteiger charge is 2.43. The number of benzene rings is 2. The lowest BCUT2D eigenvalue weighted by Gasteiger charge is -2.26. The van der Waals surface area contributed by atoms with Crippen LogP contribution in [-0.4, -0.2) is 124 Å². The van der Waals surface area contributed by atoms with E-state index in [2.05, 4.69) is 41.2 Å². The highest BCUT2D eigenvalue weighted by atomic mass is 19.1. The number of ether oxygens (including phenoxy) is 2. The zero-order valence-corrected chi connectivity index (χ0v) is 39.5. The third kappa shape index (κ3) is 11.7. The molecule has 2 aromatic carbocycles. The van der Waals surface area contributed by atoms with Gasteiger partial charge in [0.25, 0.3) is 5.88 Å². The molecule has 22 heteroatoms. The molecular weight excluding hydrogens is 953 g/mol. The number of carbonyl (C=O) groups excluding carboxylic acids is 4. The van der Waals surface area contributed by atoms with E-state index in [0.29, 0.717) is 27.9 Å². The van der Waals surface area contributed by atoms with Crippen LogP contribution in [0.2, 0.25) is 0 Å². The van der Waals surface area contributed by atoms with Crippen LogP contribution in [0.1, 0.15) is 102 Å². The summed E-state index contributed by atoms with van der Waals surface area (Å²) in [6.45, 7) is -1.21. The lowest BCUT2D eigenvalue weighted by molar-refractivity contribution is -0.139. The zero-order valence-electron chi connectivity index (χ0n) is 39.5. The van der Waals surface area contributed by atoms with E-state index in [1.807, 2.05) is 6.07 Å². The zero-order chi connectivity index (χ0) is 50.6. The molecule has 2 saturated carbocycles. The SMILES string of the molecule is O=C(N[C@@H](c1ccccc1)c1ccc(C2CC2)c(F)n1)[C@@H]1C[C@@H](F)CN1C(=O)Cn1cc(COCCOc2cn(CC(=O)N3C[C@H](F)C[C@H]3C(=O)N[C@@H](c3ccccc3)c3ccc(C4CC4)c(F)n3)nn2)nn1. The summed E-state index contributed by atoms with van der Waals surface area (Å²) >= 11 is 0. The van der Waals surface area contributed by atoms with Crippen molar-refractivity contribution in [3.8, 4) is 5.88 Å². The first-order valence-electron chi connectivity index (χ1n) is 24.3. The minimum Gasteiger partial charge on any atom is -0.473 e. The molecule has 4 aliphatic rings. The molecular formula is C51H52F4N12O6. The number of hydrogen-bond donors (Lipinski definition) is 2. The summed E-state index contributed by atoms with van der Waals surface area (Å²) in [6, 6.07) is 20.6. The average Bonchev–Trinajstić information content (AvgIpc) is 4.23. The van der Waals surface area contributed by atoms with Gasteiger partial charge in [-0.25, -0.2) is 28.1 Å². The quantitative estimate of drug-likeness (QED) is 0.0591. The smallest absolute Gasteiger partial charge is 0.253 e. The van der Waals surface area contributed by atoms with E-state index in [1.165, 1.54) is 26.7 Å². The van der Waals surface area contributed by atoms with Gasteiger partial charge in [0.2, 0.25) is 35.5 Å². The molecule has 10 rings (SSSR count). The van der Waals surface area contributed by atoms with E-state index in [0.717, 1.165) is 30.6 Å². The molecule has 6 heterocycles. The predicted molar refractivity (Wildman–Crippen MR) is 250 cm³/mol. The van der Waals surface area contributed by atoms with E-state index < -0.39 is 72.0 Å². The molecule has 0 spiro atoms. The van der Waals surface area contributed by atoms with Crippen LogP contribution in [0.4, 0.5) is 17.6 Å². The largest absolute Gasteiger partial charge is 0.473 e. The Balaban J connectivity index is 0.680. The van der Waals surface area contributed by atoms with Gasteiger partial charge in [0.1, 0.15) is 49.8 Å². The van der Waals surface area contributed by atoms with Gasteiger partial charge in [-0.3, -0.25) is 19.2 Å². The van der Waals surface area contributed by atoms with Crippen LogP contribution >= 0.6 is 0 Å². The molecule has 2 aliphatic heterocycles. The van der Waals surface area contributed by atoms with Gasteiger partial charge < -0.3 is 29.9 Å². The van der Waals surface area contributed by atoms with Gasteiger partial charge in [-0.15, -0.1) is 5.10 Å². The number of nitrogens with zero attached hydrogens (tertiary/aromatic N) is 10. The lowest BCUT2D eigenvalue weighted by Crippen LogP contribution is -2.48. The Bertz CT molecular complexity index is 2750. The number of pyridine rings is 2. The summed E-state index contributed by atoms with van der Waals surface area (Å²) < 4.78 is 73.7. The van der Waals surface area contributed by atoms with E-state index >= 15 is 8.78 Å². The van der Waals surface area contributed by atoms with Crippen LogP contribution < -0.4 is 15.4 Å². The lowest BCUT2D eigenvalue weighted by atomic mass is 10.0. The number of alkyl halides is 2. The highest BCUT2D eigenvalue weighted by molar-refractivity contribution is 5.89. The molecule has 4 aromatic heterocycles. The minimum atomic E-state index is -1.45. The van der Waals surface area contributed by atoms with Crippen LogP contribution in [0.25, 0.3) is 0 Å². The fourth-order valence-corrected chi connectivity index (χ4v) is 9.43. The third-order valence-electron chi connectivity index (χ3n) is 13.4. The summed E-state index contributed by atoms with van der Waals surface area (Å²) in [6.07, 6.45) is 3.11. The van der Waals surface area contributed by atoms with Crippen molar-refractivity contribution < 1.29 is 46.2 Å². The van der Waals surface area contributed by atoms with Crippen molar-refractivity contribution >= 4 is 23.6 Å². The van der Waals surface area contributed by atoms with Gasteiger partial charge in [-0.2, -0.15) is 8.78 Å². The standard InChI is InChI=1S/C51H52F4N12O6/c52-34-21-41(50(70)58-46(32-7-3-1-4-8-32)39-17-15-37(30-11-12-30)48(54)56-39)66(23-34)44(68)27-64-25-36(60-62-64)29-72-19-20-73-43-26-65(63-61-43)28-45(69)67-24-35(53)22-42(67)51(71)59-47(33-9-5-2-6-10-33)40-18-16-38(31-13-14-31)49(55)57-40/h1-10,15-18,25-26,30-31,34-35,41-42,46-47H,11-14,19-24,27-29H2,(H,58,70)(H,59,71)/t34-,35-,41+,42+,46+,47+/m1/s1. The molecule has 2 aliphatic carbocycles. The normalized spacial score (nSPS) is 20.4. The molecule has 6 atom stereocenters. The summed E-state index contributed by atoms with van der Waals surface area (Å²) in [7, 11) is 0. The molecule has 18 nitrogen and oxygen atoms in total. The summed E-state index contributed by atoms with van der Waals surface area (Å²) in [5.74, 6) is -3.17. The van der Waals surface area contributed by atoms with Gasteiger partial charge in [-0.1, -0.05) is 88.3 Å². The first kappa shape index (κ1) is 49.0. The molecule has 380 valence electrons. The molecule has 0 bridgehead atoms. The van der Waals surface area contributed by atoms with Crippen LogP contribution in [-0.2, 0) is 43.6 Å². The number of hydrogen-bond acceptors (Lipinski definition) is 12. The van der Waals surface area contributed by atoms with Crippen molar-refractivity contribution in [2.75, 3.05) is 26.3 Å². The average molecular weight is 1010 g/mol. The first-order chi connectivity index (χ1) is 35.4. The number of halogens is 4. The van der Waals surface area contributed by atoms with Crippen molar-refractivity contribution in [1.29, 1.82) is 0 Å². The van der Waals surface area contributed by atoms with Crippen molar-refractivity contribution in [2.24, 2.45) is 0 Å². The molecule has 4 fully saturated rings. The maximum absolute atomic E-state index is 15.1. The molecule has 2 N–H and O–H groups in total.